The minimum absolute atomic E-state index is 0. The van der Waals surface area contributed by atoms with Gasteiger partial charge in [-0.2, -0.15) is 0 Å². The van der Waals surface area contributed by atoms with Crippen LogP contribution in [0, 0.1) is 0 Å². The van der Waals surface area contributed by atoms with Crippen molar-refractivity contribution in [3.05, 3.63) is 30.4 Å². The van der Waals surface area contributed by atoms with Crippen LogP contribution < -0.4 is 14.8 Å². The summed E-state index contributed by atoms with van der Waals surface area (Å²) in [5.41, 5.74) is 0.972. The number of hydrogen-bond acceptors (Lipinski definition) is 5. The number of benzene rings is 1. The Labute approximate surface area is 150 Å². The van der Waals surface area contributed by atoms with E-state index < -0.39 is 0 Å². The van der Waals surface area contributed by atoms with E-state index in [-0.39, 0.29) is 36.6 Å². The first kappa shape index (κ1) is 21.9. The molecule has 1 aliphatic rings. The highest BCUT2D eigenvalue weighted by atomic mass is 35.5. The lowest BCUT2D eigenvalue weighted by Gasteiger charge is -2.36. The Bertz CT molecular complexity index is 469. The Morgan fingerprint density at radius 2 is 1.74 bits per heavy atom. The summed E-state index contributed by atoms with van der Waals surface area (Å²) in [6.07, 6.45) is 2.72. The third-order valence-corrected chi connectivity index (χ3v) is 3.84. The highest BCUT2D eigenvalue weighted by Crippen LogP contribution is 2.41. The highest BCUT2D eigenvalue weighted by Gasteiger charge is 2.27. The number of phenolic OH excluding ortho intramolecular Hbond substituents is 1. The fourth-order valence-corrected chi connectivity index (χ4v) is 2.85. The largest absolute Gasteiger partial charge is 0.508 e. The second-order valence-electron chi connectivity index (χ2n) is 5.09. The van der Waals surface area contributed by atoms with Gasteiger partial charge in [0.2, 0.25) is 0 Å². The molecule has 1 aromatic rings. The lowest BCUT2D eigenvalue weighted by Crippen LogP contribution is -2.45. The molecule has 0 saturated carbocycles. The molecule has 1 atom stereocenters. The molecule has 0 amide bonds. The lowest BCUT2D eigenvalue weighted by atomic mass is 9.98. The number of nitrogens with one attached hydrogen (secondary N) is 1. The van der Waals surface area contributed by atoms with Crippen molar-refractivity contribution >= 4 is 24.8 Å². The molecule has 5 nitrogen and oxygen atoms in total. The molecule has 1 saturated heterocycles. The summed E-state index contributed by atoms with van der Waals surface area (Å²) in [5, 5.41) is 13.2. The number of ether oxygens (including phenoxy) is 2. The van der Waals surface area contributed by atoms with E-state index in [0.717, 1.165) is 38.2 Å². The van der Waals surface area contributed by atoms with Crippen LogP contribution in [0.4, 0.5) is 0 Å². The summed E-state index contributed by atoms with van der Waals surface area (Å²) in [6.45, 7) is 7.74. The van der Waals surface area contributed by atoms with Crippen LogP contribution in [0.25, 0.3) is 0 Å². The van der Waals surface area contributed by atoms with Gasteiger partial charge in [0, 0.05) is 44.4 Å². The molecular formula is C16H26Cl2N2O3. The molecule has 0 aliphatic carbocycles. The van der Waals surface area contributed by atoms with Gasteiger partial charge in [0.05, 0.1) is 19.8 Å². The van der Waals surface area contributed by atoms with Gasteiger partial charge < -0.3 is 19.9 Å². The average Bonchev–Trinajstić information content (AvgIpc) is 2.53. The zero-order chi connectivity index (χ0) is 15.2. The van der Waals surface area contributed by atoms with Crippen molar-refractivity contribution in [2.24, 2.45) is 0 Å². The zero-order valence-corrected chi connectivity index (χ0v) is 15.2. The van der Waals surface area contributed by atoms with Gasteiger partial charge in [0.15, 0.2) is 0 Å². The number of halogens is 2. The van der Waals surface area contributed by atoms with Crippen LogP contribution in [0.1, 0.15) is 18.0 Å². The second kappa shape index (κ2) is 10.6. The molecule has 1 aromatic carbocycles. The van der Waals surface area contributed by atoms with Crippen LogP contribution >= 0.6 is 24.8 Å². The van der Waals surface area contributed by atoms with Gasteiger partial charge in [0.1, 0.15) is 17.2 Å². The summed E-state index contributed by atoms with van der Waals surface area (Å²) >= 11 is 0. The molecular weight excluding hydrogens is 339 g/mol. The molecule has 2 rings (SSSR count). The summed E-state index contributed by atoms with van der Waals surface area (Å²) < 4.78 is 10.9. The number of aromatic hydroxyl groups is 1. The third kappa shape index (κ3) is 5.18. The van der Waals surface area contributed by atoms with E-state index in [9.17, 15) is 5.11 Å². The Balaban J connectivity index is 0.00000242. The van der Waals surface area contributed by atoms with Crippen molar-refractivity contribution in [1.29, 1.82) is 0 Å². The fraction of sp³-hybridized carbons (Fsp3) is 0.500. The lowest BCUT2D eigenvalue weighted by molar-refractivity contribution is 0.168. The predicted octanol–water partition coefficient (Wildman–Crippen LogP) is 2.78. The molecule has 0 unspecified atom stereocenters. The summed E-state index contributed by atoms with van der Waals surface area (Å²) in [7, 11) is 3.22. The van der Waals surface area contributed by atoms with E-state index in [2.05, 4.69) is 16.8 Å². The average molecular weight is 365 g/mol. The smallest absolute Gasteiger partial charge is 0.131 e. The van der Waals surface area contributed by atoms with E-state index >= 15 is 0 Å². The van der Waals surface area contributed by atoms with Crippen molar-refractivity contribution in [3.63, 3.8) is 0 Å². The SMILES string of the molecule is C=CC[C@@H](c1c(OC)cc(O)cc1OC)N1CCNCC1.Cl.Cl. The fourth-order valence-electron chi connectivity index (χ4n) is 2.85. The maximum atomic E-state index is 9.80. The van der Waals surface area contributed by atoms with Crippen LogP contribution in [0.5, 0.6) is 17.2 Å². The molecule has 1 fully saturated rings. The maximum Gasteiger partial charge on any atom is 0.131 e. The Hall–Kier alpha value is -1.14. The highest BCUT2D eigenvalue weighted by molar-refractivity contribution is 5.85. The zero-order valence-electron chi connectivity index (χ0n) is 13.6. The van der Waals surface area contributed by atoms with E-state index in [1.807, 2.05) is 6.08 Å². The molecule has 7 heteroatoms. The molecule has 132 valence electrons. The normalized spacial score (nSPS) is 15.7. The molecule has 2 N–H and O–H groups in total. The molecule has 1 aliphatic heterocycles. The van der Waals surface area contributed by atoms with Crippen molar-refractivity contribution < 1.29 is 14.6 Å². The van der Waals surface area contributed by atoms with Crippen LogP contribution in [-0.4, -0.2) is 50.4 Å². The summed E-state index contributed by atoms with van der Waals surface area (Å²) in [4.78, 5) is 2.40. The predicted molar refractivity (Wildman–Crippen MR) is 97.7 cm³/mol. The van der Waals surface area contributed by atoms with Crippen LogP contribution in [0.3, 0.4) is 0 Å². The van der Waals surface area contributed by atoms with Crippen molar-refractivity contribution in [2.75, 3.05) is 40.4 Å². The van der Waals surface area contributed by atoms with Gasteiger partial charge in [-0.05, 0) is 6.42 Å². The second-order valence-corrected chi connectivity index (χ2v) is 5.09. The molecule has 1 heterocycles. The van der Waals surface area contributed by atoms with Gasteiger partial charge in [-0.3, -0.25) is 4.90 Å². The van der Waals surface area contributed by atoms with Crippen LogP contribution in [0.15, 0.2) is 24.8 Å². The number of nitrogens with zero attached hydrogens (tertiary/aromatic N) is 1. The van der Waals surface area contributed by atoms with Crippen molar-refractivity contribution in [1.82, 2.24) is 10.2 Å². The quantitative estimate of drug-likeness (QED) is 0.760. The van der Waals surface area contributed by atoms with E-state index in [1.165, 1.54) is 0 Å². The molecule has 0 radical (unpaired) electrons. The first-order chi connectivity index (χ1) is 10.2. The Morgan fingerprint density at radius 3 is 2.17 bits per heavy atom. The van der Waals surface area contributed by atoms with Gasteiger partial charge in [0.25, 0.3) is 0 Å². The van der Waals surface area contributed by atoms with Crippen LogP contribution in [-0.2, 0) is 0 Å². The van der Waals surface area contributed by atoms with Crippen molar-refractivity contribution in [3.8, 4) is 17.2 Å². The van der Waals surface area contributed by atoms with Gasteiger partial charge >= 0.3 is 0 Å². The van der Waals surface area contributed by atoms with Gasteiger partial charge in [-0.15, -0.1) is 31.4 Å². The molecule has 0 aromatic heterocycles. The number of methoxy groups -OCH3 is 2. The Morgan fingerprint density at radius 1 is 1.22 bits per heavy atom. The Kier molecular flexibility index (Phi) is 10.1. The third-order valence-electron chi connectivity index (χ3n) is 3.84. The first-order valence-electron chi connectivity index (χ1n) is 7.21. The molecule has 0 bridgehead atoms. The van der Waals surface area contributed by atoms with Gasteiger partial charge in [-0.25, -0.2) is 0 Å². The topological polar surface area (TPSA) is 54.0 Å². The number of phenols is 1. The van der Waals surface area contributed by atoms with Crippen molar-refractivity contribution in [2.45, 2.75) is 12.5 Å². The monoisotopic (exact) mass is 364 g/mol. The first-order valence-corrected chi connectivity index (χ1v) is 7.21. The molecule has 0 spiro atoms. The number of rotatable bonds is 6. The maximum absolute atomic E-state index is 9.80. The summed E-state index contributed by atoms with van der Waals surface area (Å²) in [5.74, 6) is 1.44. The minimum Gasteiger partial charge on any atom is -0.508 e. The van der Waals surface area contributed by atoms with E-state index in [1.54, 1.807) is 26.4 Å². The van der Waals surface area contributed by atoms with Gasteiger partial charge in [-0.1, -0.05) is 6.08 Å². The summed E-state index contributed by atoms with van der Waals surface area (Å²) in [6, 6.07) is 3.40. The van der Waals surface area contributed by atoms with E-state index in [0.29, 0.717) is 11.5 Å². The van der Waals surface area contributed by atoms with Crippen LogP contribution in [0.2, 0.25) is 0 Å². The number of piperazine rings is 1. The standard InChI is InChI=1S/C16H24N2O3.2ClH/c1-4-5-13(18-8-6-17-7-9-18)16-14(20-2)10-12(19)11-15(16)21-3;;/h4,10-11,13,17,19H,1,5-9H2,2-3H3;2*1H/t13-;;/m0../s1. The number of hydrogen-bond donors (Lipinski definition) is 2. The minimum atomic E-state index is 0. The van der Waals surface area contributed by atoms with E-state index in [4.69, 9.17) is 9.47 Å². The molecule has 23 heavy (non-hydrogen) atoms.